The first-order valence-corrected chi connectivity index (χ1v) is 24.4. The summed E-state index contributed by atoms with van der Waals surface area (Å²) in [5.41, 5.74) is 6.69. The third kappa shape index (κ3) is 11.2. The van der Waals surface area contributed by atoms with Gasteiger partial charge in [0.05, 0.1) is 23.7 Å². The summed E-state index contributed by atoms with van der Waals surface area (Å²) in [5.74, 6) is -0.00564. The maximum Gasteiger partial charge on any atom is 0.416 e. The number of amides is 4. The van der Waals surface area contributed by atoms with Crippen molar-refractivity contribution in [1.29, 1.82) is 0 Å². The number of imidazole rings is 1. The van der Waals surface area contributed by atoms with Crippen LogP contribution in [0.4, 0.5) is 22.0 Å². The number of aromatic nitrogens is 3. The molecule has 2 saturated heterocycles. The molecule has 2 unspecified atom stereocenters. The number of hydrogen-bond donors (Lipinski definition) is 2. The van der Waals surface area contributed by atoms with Crippen LogP contribution in [0.1, 0.15) is 92.2 Å². The fourth-order valence-corrected chi connectivity index (χ4v) is 9.59. The monoisotopic (exact) mass is 973 g/mol. The Hall–Kier alpha value is -7.82. The van der Waals surface area contributed by atoms with Crippen LogP contribution in [-0.4, -0.2) is 86.9 Å². The fourth-order valence-electron chi connectivity index (χ4n) is 9.59. The number of Topliss-reactive ketones (excluding diaryl/α,β-unsaturated/α-hetero) is 1. The van der Waals surface area contributed by atoms with E-state index in [0.717, 1.165) is 53.5 Å². The first-order chi connectivity index (χ1) is 34.9. The molecule has 2 N–H and O–H groups in total. The van der Waals surface area contributed by atoms with Gasteiger partial charge >= 0.3 is 6.09 Å². The number of ether oxygens (including phenoxy) is 4. The highest BCUT2D eigenvalue weighted by atomic mass is 16.7. The Labute approximate surface area is 418 Å². The third-order valence-electron chi connectivity index (χ3n) is 13.2. The molecule has 6 aromatic rings. The molecule has 4 amide bonds. The number of piperidine rings is 1. The van der Waals surface area contributed by atoms with Gasteiger partial charge in [-0.1, -0.05) is 79.4 Å². The number of nitrogens with one attached hydrogen (secondary N) is 2. The lowest BCUT2D eigenvalue weighted by molar-refractivity contribution is -0.198. The second kappa shape index (κ2) is 22.1. The molecular weight excluding hydrogens is 915 g/mol. The number of hydrogen-bond acceptors (Lipinski definition) is 10. The number of fused-ring (bicyclic) bond motifs is 2. The highest BCUT2D eigenvalue weighted by Crippen LogP contribution is 2.40. The van der Waals surface area contributed by atoms with Crippen molar-refractivity contribution < 1.29 is 42.9 Å². The smallest absolute Gasteiger partial charge is 0.416 e. The second-order valence-corrected chi connectivity index (χ2v) is 18.5. The molecule has 3 aliphatic rings. The van der Waals surface area contributed by atoms with Gasteiger partial charge in [0.1, 0.15) is 24.7 Å². The van der Waals surface area contributed by atoms with Gasteiger partial charge in [-0.15, -0.1) is 0 Å². The van der Waals surface area contributed by atoms with Crippen LogP contribution in [0.25, 0.3) is 11.1 Å². The van der Waals surface area contributed by atoms with E-state index in [1.807, 2.05) is 110 Å². The molecule has 0 aliphatic carbocycles. The van der Waals surface area contributed by atoms with Gasteiger partial charge in [-0.25, -0.2) is 14.7 Å². The van der Waals surface area contributed by atoms with Crippen molar-refractivity contribution in [1.82, 2.24) is 19.0 Å². The first kappa shape index (κ1) is 49.2. The van der Waals surface area contributed by atoms with Crippen molar-refractivity contribution in [2.24, 2.45) is 14.1 Å². The molecule has 3 atom stereocenters. The maximum absolute atomic E-state index is 14.3. The summed E-state index contributed by atoms with van der Waals surface area (Å²) in [6.45, 7) is 6.77. The zero-order valence-electron chi connectivity index (χ0n) is 40.8. The van der Waals surface area contributed by atoms with Crippen LogP contribution in [0.5, 0.6) is 5.75 Å². The third-order valence-corrected chi connectivity index (χ3v) is 13.2. The van der Waals surface area contributed by atoms with Gasteiger partial charge in [0.2, 0.25) is 11.7 Å². The van der Waals surface area contributed by atoms with E-state index in [4.69, 9.17) is 18.9 Å². The summed E-state index contributed by atoms with van der Waals surface area (Å²) < 4.78 is 28.1. The summed E-state index contributed by atoms with van der Waals surface area (Å²) in [6.07, 6.45) is 7.95. The normalized spacial score (nSPS) is 17.5. The fraction of sp³-hybridized carbons (Fsp3) is 0.321. The molecule has 5 heterocycles. The molecule has 16 nitrogen and oxygen atoms in total. The largest absolute Gasteiger partial charge is 0.489 e. The first-order valence-electron chi connectivity index (χ1n) is 24.4. The lowest BCUT2D eigenvalue weighted by Crippen LogP contribution is -2.57. The summed E-state index contributed by atoms with van der Waals surface area (Å²) in [5, 5.41) is 5.76. The van der Waals surface area contributed by atoms with Crippen LogP contribution < -0.4 is 20.3 Å². The lowest BCUT2D eigenvalue weighted by Gasteiger charge is -2.42. The minimum Gasteiger partial charge on any atom is -0.489 e. The topological polar surface area (TPSA) is 176 Å². The Morgan fingerprint density at radius 3 is 2.39 bits per heavy atom. The highest BCUT2D eigenvalue weighted by molar-refractivity contribution is 6.06. The molecule has 0 saturated carbocycles. The second-order valence-electron chi connectivity index (χ2n) is 18.5. The van der Waals surface area contributed by atoms with E-state index in [1.54, 1.807) is 34.5 Å². The molecular formula is C56H59N7O9. The molecule has 16 heteroatoms. The maximum atomic E-state index is 14.3. The molecule has 9 rings (SSSR count). The number of benzene rings is 4. The van der Waals surface area contributed by atoms with E-state index >= 15 is 0 Å². The van der Waals surface area contributed by atoms with Crippen molar-refractivity contribution in [3.05, 3.63) is 161 Å². The number of para-hydroxylation sites is 1. The van der Waals surface area contributed by atoms with E-state index in [9.17, 15) is 24.0 Å². The molecule has 2 aromatic heterocycles. The molecule has 3 aliphatic heterocycles. The summed E-state index contributed by atoms with van der Waals surface area (Å²) >= 11 is 0. The molecule has 372 valence electrons. The van der Waals surface area contributed by atoms with Gasteiger partial charge < -0.3 is 43.6 Å². The minimum absolute atomic E-state index is 0.0267. The van der Waals surface area contributed by atoms with Crippen LogP contribution in [0.15, 0.2) is 122 Å². The number of anilines is 3. The Morgan fingerprint density at radius 1 is 0.819 bits per heavy atom. The van der Waals surface area contributed by atoms with Gasteiger partial charge in [-0.2, -0.15) is 0 Å². The van der Waals surface area contributed by atoms with Crippen molar-refractivity contribution in [3.8, 4) is 16.9 Å². The van der Waals surface area contributed by atoms with Gasteiger partial charge in [-0.3, -0.25) is 19.2 Å². The molecule has 0 spiro atoms. The average Bonchev–Trinajstić information content (AvgIpc) is 3.94. The molecule has 72 heavy (non-hydrogen) atoms. The molecule has 0 radical (unpaired) electrons. The zero-order chi connectivity index (χ0) is 50.3. The predicted molar refractivity (Wildman–Crippen MR) is 272 cm³/mol. The number of nitrogens with zero attached hydrogens (tertiary/aromatic N) is 5. The summed E-state index contributed by atoms with van der Waals surface area (Å²) in [7, 11) is 3.53. The van der Waals surface area contributed by atoms with Crippen LogP contribution in [0, 0.1) is 6.92 Å². The van der Waals surface area contributed by atoms with Crippen LogP contribution in [0.2, 0.25) is 0 Å². The Kier molecular flexibility index (Phi) is 15.1. The number of carbonyl (C=O) groups excluding carboxylic acids is 5. The number of ketones is 1. The Balaban J connectivity index is 0.834. The van der Waals surface area contributed by atoms with Crippen LogP contribution >= 0.6 is 0 Å². The number of aryl methyl sites for hydroxylation is 3. The Morgan fingerprint density at radius 2 is 1.61 bits per heavy atom. The number of carbonyl (C=O) groups is 5. The van der Waals surface area contributed by atoms with E-state index < -0.39 is 24.7 Å². The van der Waals surface area contributed by atoms with Crippen LogP contribution in [0.3, 0.4) is 0 Å². The zero-order valence-corrected chi connectivity index (χ0v) is 40.8. The average molecular weight is 974 g/mol. The van der Waals surface area contributed by atoms with Gasteiger partial charge in [0.15, 0.2) is 24.2 Å². The van der Waals surface area contributed by atoms with E-state index in [-0.39, 0.29) is 61.2 Å². The SMILES string of the molecule is C=CCOC(=O)N1c2cc(OCc3cccc(CC(=O)Nc4cn(C)c(C(=O)Cc5ccc(-c6cc(C(=O)Nc7ccccc7)n(C)c6)cc5)n4)c3)c(C)cc2C(=O)N2CCCC[C@H]2C1OC1CCCCO1. The van der Waals surface area contributed by atoms with Crippen LogP contribution in [-0.2, 0) is 52.5 Å². The van der Waals surface area contributed by atoms with Gasteiger partial charge in [-0.05, 0) is 97.5 Å². The highest BCUT2D eigenvalue weighted by Gasteiger charge is 2.46. The summed E-state index contributed by atoms with van der Waals surface area (Å²) in [6, 6.07) is 29.2. The van der Waals surface area contributed by atoms with Crippen molar-refractivity contribution in [2.75, 3.05) is 35.3 Å². The van der Waals surface area contributed by atoms with Gasteiger partial charge in [0.25, 0.3) is 11.8 Å². The summed E-state index contributed by atoms with van der Waals surface area (Å²) in [4.78, 5) is 76.0. The quantitative estimate of drug-likeness (QED) is 0.0703. The lowest BCUT2D eigenvalue weighted by atomic mass is 10.00. The molecule has 0 bridgehead atoms. The molecule has 4 aromatic carbocycles. The van der Waals surface area contributed by atoms with E-state index in [1.165, 1.54) is 11.0 Å². The van der Waals surface area contributed by atoms with Gasteiger partial charge in [0, 0.05) is 63.4 Å². The predicted octanol–water partition coefficient (Wildman–Crippen LogP) is 9.18. The number of rotatable bonds is 16. The Bertz CT molecular complexity index is 2980. The minimum atomic E-state index is -0.864. The van der Waals surface area contributed by atoms with Crippen molar-refractivity contribution >= 4 is 46.8 Å². The van der Waals surface area contributed by atoms with Crippen molar-refractivity contribution in [2.45, 2.75) is 83.5 Å². The molecule has 2 fully saturated rings. The standard InChI is InChI=1S/C56H59N7O9/c1-5-25-70-56(68)63-45-32-48(36(2)27-43(45)54(67)62-24-11-9-18-44(62)55(63)72-51-19-10-12-26-69-51)71-35-39-15-13-14-38(28-39)30-50(65)58-49-34-61(4)52(59-49)47(64)29-37-20-22-40(23-21-37)41-31-46(60(3)33-41)53(66)57-42-16-7-6-8-17-42/h5-8,13-17,20-23,27-28,31-34,44,51,55H,1,9-12,18-19,24-26,29-30,35H2,2-4H3,(H,57,66)(H,58,65)/t44-,51?,55?/m0/s1. The van der Waals surface area contributed by atoms with E-state index in [2.05, 4.69) is 22.2 Å². The van der Waals surface area contributed by atoms with E-state index in [0.29, 0.717) is 59.9 Å². The van der Waals surface area contributed by atoms with Crippen molar-refractivity contribution in [3.63, 3.8) is 0 Å².